The minimum atomic E-state index is -1.23. The molecule has 2 atom stereocenters. The highest BCUT2D eigenvalue weighted by Gasteiger charge is 2.58. The van der Waals surface area contributed by atoms with Crippen molar-refractivity contribution in [1.29, 1.82) is 0 Å². The number of amides is 1. The highest BCUT2D eigenvalue weighted by molar-refractivity contribution is 5.81. The van der Waals surface area contributed by atoms with Crippen LogP contribution in [-0.4, -0.2) is 53.0 Å². The first kappa shape index (κ1) is 13.1. The van der Waals surface area contributed by atoms with Crippen molar-refractivity contribution in [3.8, 4) is 0 Å². The molecule has 0 radical (unpaired) electrons. The number of carbonyl (C=O) groups excluding carboxylic acids is 1. The number of hydrogen-bond acceptors (Lipinski definition) is 4. The minimum absolute atomic E-state index is 0.0713. The van der Waals surface area contributed by atoms with Gasteiger partial charge in [-0.3, -0.25) is 0 Å². The Labute approximate surface area is 106 Å². The summed E-state index contributed by atoms with van der Waals surface area (Å²) in [7, 11) is 0. The molecule has 1 amide bonds. The number of carboxylic acids is 1. The van der Waals surface area contributed by atoms with Crippen LogP contribution in [0.25, 0.3) is 0 Å². The predicted molar refractivity (Wildman–Crippen MR) is 62.2 cm³/mol. The van der Waals surface area contributed by atoms with Crippen LogP contribution >= 0.6 is 0 Å². The molecule has 2 rings (SSSR count). The maximum Gasteiger partial charge on any atom is 0.410 e. The fourth-order valence-corrected chi connectivity index (χ4v) is 2.53. The molecular formula is C12H19NO5. The topological polar surface area (TPSA) is 76.1 Å². The molecule has 102 valence electrons. The van der Waals surface area contributed by atoms with Crippen LogP contribution in [0.15, 0.2) is 0 Å². The lowest BCUT2D eigenvalue weighted by Crippen LogP contribution is -2.46. The summed E-state index contributed by atoms with van der Waals surface area (Å²) in [5, 5.41) is 9.30. The predicted octanol–water partition coefficient (Wildman–Crippen LogP) is 1.10. The monoisotopic (exact) mass is 257 g/mol. The van der Waals surface area contributed by atoms with E-state index in [1.165, 1.54) is 4.90 Å². The second-order valence-electron chi connectivity index (χ2n) is 5.89. The summed E-state index contributed by atoms with van der Waals surface area (Å²) in [5.41, 5.74) is -1.80. The Morgan fingerprint density at radius 1 is 1.44 bits per heavy atom. The van der Waals surface area contributed by atoms with Crippen molar-refractivity contribution in [2.75, 3.05) is 19.7 Å². The molecule has 1 N–H and O–H groups in total. The lowest BCUT2D eigenvalue weighted by molar-refractivity contribution is -0.160. The number of likely N-dealkylation sites (tertiary alicyclic amines) is 1. The Morgan fingerprint density at radius 3 is 2.61 bits per heavy atom. The number of nitrogens with zero attached hydrogens (tertiary/aromatic N) is 1. The molecule has 0 spiro atoms. The molecule has 2 saturated heterocycles. The van der Waals surface area contributed by atoms with Gasteiger partial charge in [-0.1, -0.05) is 0 Å². The van der Waals surface area contributed by atoms with Crippen LogP contribution in [0.1, 0.15) is 27.2 Å². The van der Waals surface area contributed by atoms with Gasteiger partial charge in [0.15, 0.2) is 5.60 Å². The van der Waals surface area contributed by atoms with Crippen LogP contribution in [0.2, 0.25) is 0 Å². The summed E-state index contributed by atoms with van der Waals surface area (Å²) in [6.07, 6.45) is 0.201. The average molecular weight is 257 g/mol. The first-order valence-electron chi connectivity index (χ1n) is 6.10. The van der Waals surface area contributed by atoms with Gasteiger partial charge in [-0.25, -0.2) is 9.59 Å². The number of carboxylic acid groups (broad SMARTS) is 1. The van der Waals surface area contributed by atoms with Crippen LogP contribution in [0.4, 0.5) is 4.79 Å². The zero-order valence-electron chi connectivity index (χ0n) is 10.9. The Morgan fingerprint density at radius 2 is 2.11 bits per heavy atom. The number of rotatable bonds is 1. The second kappa shape index (κ2) is 4.12. The third-order valence-corrected chi connectivity index (χ3v) is 3.37. The minimum Gasteiger partial charge on any atom is -0.479 e. The Balaban J connectivity index is 2.08. The van der Waals surface area contributed by atoms with E-state index < -0.39 is 23.3 Å². The van der Waals surface area contributed by atoms with Gasteiger partial charge in [0, 0.05) is 19.1 Å². The SMILES string of the molecule is CC(C)(C)OC(=O)N1C[C@@H]2CCO[C@@]2(C(=O)O)C1. The molecule has 0 saturated carbocycles. The molecule has 6 heteroatoms. The largest absolute Gasteiger partial charge is 0.479 e. The van der Waals surface area contributed by atoms with Crippen molar-refractivity contribution < 1.29 is 24.2 Å². The van der Waals surface area contributed by atoms with Gasteiger partial charge in [0.2, 0.25) is 0 Å². The quantitative estimate of drug-likeness (QED) is 0.761. The van der Waals surface area contributed by atoms with E-state index in [1.807, 2.05) is 0 Å². The van der Waals surface area contributed by atoms with Crippen molar-refractivity contribution >= 4 is 12.1 Å². The molecule has 2 heterocycles. The van der Waals surface area contributed by atoms with E-state index in [9.17, 15) is 14.7 Å². The summed E-state index contributed by atoms with van der Waals surface area (Å²) in [6, 6.07) is 0. The van der Waals surface area contributed by atoms with Gasteiger partial charge >= 0.3 is 12.1 Å². The van der Waals surface area contributed by atoms with E-state index >= 15 is 0 Å². The Kier molecular flexibility index (Phi) is 3.01. The van der Waals surface area contributed by atoms with Crippen molar-refractivity contribution in [1.82, 2.24) is 4.90 Å². The van der Waals surface area contributed by atoms with E-state index in [1.54, 1.807) is 20.8 Å². The zero-order chi connectivity index (χ0) is 13.6. The van der Waals surface area contributed by atoms with E-state index in [2.05, 4.69) is 0 Å². The number of fused-ring (bicyclic) bond motifs is 1. The molecule has 0 unspecified atom stereocenters. The second-order valence-corrected chi connectivity index (χ2v) is 5.89. The number of carbonyl (C=O) groups is 2. The van der Waals surface area contributed by atoms with E-state index in [0.29, 0.717) is 19.6 Å². The smallest absolute Gasteiger partial charge is 0.410 e. The van der Waals surface area contributed by atoms with Gasteiger partial charge in [0.05, 0.1) is 6.54 Å². The van der Waals surface area contributed by atoms with Crippen LogP contribution in [-0.2, 0) is 14.3 Å². The fourth-order valence-electron chi connectivity index (χ4n) is 2.53. The lowest BCUT2D eigenvalue weighted by atomic mass is 9.91. The van der Waals surface area contributed by atoms with Crippen LogP contribution in [0.5, 0.6) is 0 Å². The zero-order valence-corrected chi connectivity index (χ0v) is 10.9. The summed E-state index contributed by atoms with van der Waals surface area (Å²) in [6.45, 7) is 6.25. The molecular weight excluding hydrogens is 238 g/mol. The molecule has 2 aliphatic rings. The number of aliphatic carboxylic acids is 1. The standard InChI is InChI=1S/C12H19NO5/c1-11(2,3)18-10(16)13-6-8-4-5-17-12(8,7-13)9(14)15/h8H,4-7H2,1-3H3,(H,14,15)/t8-,12-/m0/s1. The Hall–Kier alpha value is -1.30. The maximum atomic E-state index is 11.9. The van der Waals surface area contributed by atoms with Gasteiger partial charge in [0.1, 0.15) is 5.60 Å². The van der Waals surface area contributed by atoms with Gasteiger partial charge in [-0.05, 0) is 27.2 Å². The number of ether oxygens (including phenoxy) is 2. The summed E-state index contributed by atoms with van der Waals surface area (Å²) in [4.78, 5) is 24.7. The van der Waals surface area contributed by atoms with Crippen molar-refractivity contribution in [2.24, 2.45) is 5.92 Å². The molecule has 18 heavy (non-hydrogen) atoms. The summed E-state index contributed by atoms with van der Waals surface area (Å²) in [5.74, 6) is -1.13. The third kappa shape index (κ3) is 2.16. The molecule has 2 aliphatic heterocycles. The molecule has 2 fully saturated rings. The maximum absolute atomic E-state index is 11.9. The summed E-state index contributed by atoms with van der Waals surface area (Å²) >= 11 is 0. The van der Waals surface area contributed by atoms with E-state index in [-0.39, 0.29) is 12.5 Å². The van der Waals surface area contributed by atoms with Crippen LogP contribution in [0.3, 0.4) is 0 Å². The third-order valence-electron chi connectivity index (χ3n) is 3.37. The molecule has 0 aromatic heterocycles. The molecule has 6 nitrogen and oxygen atoms in total. The highest BCUT2D eigenvalue weighted by Crippen LogP contribution is 2.39. The van der Waals surface area contributed by atoms with E-state index in [4.69, 9.17) is 9.47 Å². The van der Waals surface area contributed by atoms with Crippen molar-refractivity contribution in [3.05, 3.63) is 0 Å². The van der Waals surface area contributed by atoms with Crippen LogP contribution in [0, 0.1) is 5.92 Å². The van der Waals surface area contributed by atoms with Gasteiger partial charge in [-0.2, -0.15) is 0 Å². The average Bonchev–Trinajstić information content (AvgIpc) is 2.69. The van der Waals surface area contributed by atoms with Gasteiger partial charge < -0.3 is 19.5 Å². The van der Waals surface area contributed by atoms with Crippen molar-refractivity contribution in [2.45, 2.75) is 38.4 Å². The highest BCUT2D eigenvalue weighted by atomic mass is 16.6. The number of hydrogen-bond donors (Lipinski definition) is 1. The first-order valence-corrected chi connectivity index (χ1v) is 6.10. The lowest BCUT2D eigenvalue weighted by Gasteiger charge is -2.26. The normalized spacial score (nSPS) is 31.3. The molecule has 0 bridgehead atoms. The molecule has 0 aromatic rings. The van der Waals surface area contributed by atoms with Crippen molar-refractivity contribution in [3.63, 3.8) is 0 Å². The van der Waals surface area contributed by atoms with E-state index in [0.717, 1.165) is 0 Å². The fraction of sp³-hybridized carbons (Fsp3) is 0.833. The van der Waals surface area contributed by atoms with Gasteiger partial charge in [-0.15, -0.1) is 0 Å². The molecule has 0 aliphatic carbocycles. The Bertz CT molecular complexity index is 375. The van der Waals surface area contributed by atoms with Gasteiger partial charge in [0.25, 0.3) is 0 Å². The first-order chi connectivity index (χ1) is 8.24. The summed E-state index contributed by atoms with van der Waals surface area (Å²) < 4.78 is 10.6. The molecule has 0 aromatic carbocycles. The van der Waals surface area contributed by atoms with Crippen LogP contribution < -0.4 is 0 Å².